The minimum Gasteiger partial charge on any atom is -0.460 e. The molecule has 25 heavy (non-hydrogen) atoms. The van der Waals surface area contributed by atoms with Crippen LogP contribution in [-0.4, -0.2) is 36.9 Å². The van der Waals surface area contributed by atoms with Crippen molar-refractivity contribution in [2.75, 3.05) is 13.7 Å². The zero-order valence-electron chi connectivity index (χ0n) is 16.7. The summed E-state index contributed by atoms with van der Waals surface area (Å²) in [5.74, 6) is -0.694. The summed E-state index contributed by atoms with van der Waals surface area (Å²) in [5.41, 5.74) is 0.375. The average molecular weight is 350 g/mol. The van der Waals surface area contributed by atoms with Gasteiger partial charge in [0.05, 0.1) is 13.0 Å². The van der Waals surface area contributed by atoms with Gasteiger partial charge in [0.2, 0.25) is 0 Å². The van der Waals surface area contributed by atoms with Crippen molar-refractivity contribution in [3.8, 4) is 0 Å². The van der Waals surface area contributed by atoms with E-state index in [0.29, 0.717) is 35.3 Å². The molecule has 0 amide bonds. The first-order valence-electron chi connectivity index (χ1n) is 8.53. The lowest BCUT2D eigenvalue weighted by Crippen LogP contribution is -2.34. The van der Waals surface area contributed by atoms with E-state index in [4.69, 9.17) is 9.47 Å². The average Bonchev–Trinajstić information content (AvgIpc) is 2.42. The number of ether oxygens (including phenoxy) is 2. The summed E-state index contributed by atoms with van der Waals surface area (Å²) in [4.78, 5) is 37.9. The number of rotatable bonds is 6. The van der Waals surface area contributed by atoms with Gasteiger partial charge in [0.1, 0.15) is 5.60 Å². The Bertz CT molecular complexity index is 641. The van der Waals surface area contributed by atoms with Crippen LogP contribution in [0.25, 0.3) is 0 Å². The second-order valence-corrected chi connectivity index (χ2v) is 8.15. The molecular formula is C20H30O5. The molecule has 0 saturated heterocycles. The normalized spacial score (nSPS) is 16.6. The molecule has 0 bridgehead atoms. The fourth-order valence-corrected chi connectivity index (χ4v) is 3.17. The predicted octanol–water partition coefficient (Wildman–Crippen LogP) is 3.57. The number of ketones is 2. The highest BCUT2D eigenvalue weighted by Gasteiger charge is 2.40. The van der Waals surface area contributed by atoms with E-state index in [1.807, 2.05) is 0 Å². The van der Waals surface area contributed by atoms with Crippen LogP contribution >= 0.6 is 0 Å². The molecule has 0 heterocycles. The Balaban J connectivity index is 3.18. The molecule has 0 aromatic rings. The lowest BCUT2D eigenvalue weighted by atomic mass is 9.70. The molecule has 0 radical (unpaired) electrons. The highest BCUT2D eigenvalue weighted by atomic mass is 16.6. The van der Waals surface area contributed by atoms with E-state index in [9.17, 15) is 14.4 Å². The van der Waals surface area contributed by atoms with Crippen LogP contribution in [0, 0.1) is 5.41 Å². The van der Waals surface area contributed by atoms with Gasteiger partial charge in [-0.15, -0.1) is 0 Å². The minimum atomic E-state index is -0.793. The van der Waals surface area contributed by atoms with E-state index in [1.165, 1.54) is 0 Å². The lowest BCUT2D eigenvalue weighted by molar-refractivity contribution is -0.156. The number of carbonyl (C=O) groups is 3. The maximum atomic E-state index is 13.0. The van der Waals surface area contributed by atoms with Gasteiger partial charge in [0, 0.05) is 41.2 Å². The van der Waals surface area contributed by atoms with Crippen LogP contribution in [0.5, 0.6) is 0 Å². The van der Waals surface area contributed by atoms with Crippen LogP contribution in [0.4, 0.5) is 0 Å². The smallest absolute Gasteiger partial charge is 0.307 e. The van der Waals surface area contributed by atoms with Crippen molar-refractivity contribution in [2.45, 2.75) is 66.9 Å². The molecule has 5 heteroatoms. The highest BCUT2D eigenvalue weighted by Crippen LogP contribution is 2.40. The molecule has 0 aromatic heterocycles. The van der Waals surface area contributed by atoms with Gasteiger partial charge in [-0.1, -0.05) is 13.8 Å². The first kappa shape index (κ1) is 21.3. The summed E-state index contributed by atoms with van der Waals surface area (Å²) < 4.78 is 10.4. The summed E-state index contributed by atoms with van der Waals surface area (Å²) in [6.07, 6.45) is 0.415. The molecule has 0 atom stereocenters. The van der Waals surface area contributed by atoms with Crippen molar-refractivity contribution in [1.82, 2.24) is 0 Å². The number of carbonyl (C=O) groups excluding carboxylic acids is 3. The molecule has 0 aromatic carbocycles. The fourth-order valence-electron chi connectivity index (χ4n) is 3.17. The second-order valence-electron chi connectivity index (χ2n) is 8.15. The Kier molecular flexibility index (Phi) is 6.51. The van der Waals surface area contributed by atoms with Crippen molar-refractivity contribution in [2.24, 2.45) is 5.41 Å². The SMILES string of the molecule is COCCC1=C(C)C(=O)C(C)=C(C(C)(C)CC(=O)OC(C)(C)C)C1=O. The summed E-state index contributed by atoms with van der Waals surface area (Å²) in [6, 6.07) is 0. The molecule has 140 valence electrons. The number of hydrogen-bond acceptors (Lipinski definition) is 5. The standard InChI is InChI=1S/C20H30O5/c1-12-14(9-10-24-8)18(23)16(13(2)17(12)22)20(6,7)11-15(21)25-19(3,4)5/h9-11H2,1-8H3. The second kappa shape index (κ2) is 7.65. The first-order valence-corrected chi connectivity index (χ1v) is 8.53. The zero-order valence-corrected chi connectivity index (χ0v) is 16.7. The third kappa shape index (κ3) is 5.11. The quantitative estimate of drug-likeness (QED) is 0.541. The molecule has 1 aliphatic rings. The maximum absolute atomic E-state index is 13.0. The Morgan fingerprint density at radius 3 is 2.00 bits per heavy atom. The van der Waals surface area contributed by atoms with Crippen LogP contribution in [-0.2, 0) is 23.9 Å². The molecular weight excluding hydrogens is 320 g/mol. The van der Waals surface area contributed by atoms with Crippen LogP contribution in [0.3, 0.4) is 0 Å². The van der Waals surface area contributed by atoms with Gasteiger partial charge in [-0.25, -0.2) is 0 Å². The molecule has 0 spiro atoms. The van der Waals surface area contributed by atoms with E-state index in [1.54, 1.807) is 55.6 Å². The van der Waals surface area contributed by atoms with Crippen molar-refractivity contribution < 1.29 is 23.9 Å². The first-order chi connectivity index (χ1) is 11.3. The third-order valence-corrected chi connectivity index (χ3v) is 4.25. The van der Waals surface area contributed by atoms with Gasteiger partial charge in [0.15, 0.2) is 11.6 Å². The van der Waals surface area contributed by atoms with E-state index in [2.05, 4.69) is 0 Å². The fraction of sp³-hybridized carbons (Fsp3) is 0.650. The van der Waals surface area contributed by atoms with Crippen LogP contribution < -0.4 is 0 Å². The number of esters is 1. The van der Waals surface area contributed by atoms with Crippen molar-refractivity contribution in [3.63, 3.8) is 0 Å². The highest BCUT2D eigenvalue weighted by molar-refractivity contribution is 6.25. The van der Waals surface area contributed by atoms with E-state index in [-0.39, 0.29) is 24.0 Å². The Hall–Kier alpha value is -1.75. The van der Waals surface area contributed by atoms with Crippen LogP contribution in [0.2, 0.25) is 0 Å². The summed E-state index contributed by atoms with van der Waals surface area (Å²) >= 11 is 0. The molecule has 0 aliphatic heterocycles. The van der Waals surface area contributed by atoms with Gasteiger partial charge in [0.25, 0.3) is 0 Å². The minimum absolute atomic E-state index is 0.0343. The van der Waals surface area contributed by atoms with E-state index >= 15 is 0 Å². The van der Waals surface area contributed by atoms with Gasteiger partial charge in [-0.05, 0) is 34.6 Å². The summed E-state index contributed by atoms with van der Waals surface area (Å²) in [7, 11) is 1.56. The molecule has 5 nitrogen and oxygen atoms in total. The third-order valence-electron chi connectivity index (χ3n) is 4.25. The number of methoxy groups -OCH3 is 1. The number of hydrogen-bond donors (Lipinski definition) is 0. The Morgan fingerprint density at radius 2 is 1.52 bits per heavy atom. The van der Waals surface area contributed by atoms with Crippen molar-refractivity contribution in [3.05, 3.63) is 22.3 Å². The molecule has 0 N–H and O–H groups in total. The predicted molar refractivity (Wildman–Crippen MR) is 96.2 cm³/mol. The molecule has 0 saturated carbocycles. The topological polar surface area (TPSA) is 69.7 Å². The van der Waals surface area contributed by atoms with Crippen LogP contribution in [0.1, 0.15) is 61.3 Å². The van der Waals surface area contributed by atoms with E-state index < -0.39 is 11.0 Å². The van der Waals surface area contributed by atoms with Gasteiger partial charge in [-0.3, -0.25) is 14.4 Å². The lowest BCUT2D eigenvalue weighted by Gasteiger charge is -2.32. The molecule has 0 unspecified atom stereocenters. The Morgan fingerprint density at radius 1 is 0.960 bits per heavy atom. The largest absolute Gasteiger partial charge is 0.460 e. The zero-order chi connectivity index (χ0) is 19.6. The van der Waals surface area contributed by atoms with Gasteiger partial charge >= 0.3 is 5.97 Å². The Labute approximate surface area is 150 Å². The number of allylic oxidation sites excluding steroid dienone is 3. The monoisotopic (exact) mass is 350 g/mol. The molecule has 1 rings (SSSR count). The summed E-state index contributed by atoms with van der Waals surface area (Å²) in [6.45, 7) is 12.7. The van der Waals surface area contributed by atoms with Crippen LogP contribution in [0.15, 0.2) is 22.3 Å². The number of Topliss-reactive ketones (excluding diaryl/α,β-unsaturated/α-hetero) is 2. The van der Waals surface area contributed by atoms with Gasteiger partial charge < -0.3 is 9.47 Å². The molecule has 1 aliphatic carbocycles. The van der Waals surface area contributed by atoms with Crippen molar-refractivity contribution in [1.29, 1.82) is 0 Å². The maximum Gasteiger partial charge on any atom is 0.307 e. The summed E-state index contributed by atoms with van der Waals surface area (Å²) in [5, 5.41) is 0. The van der Waals surface area contributed by atoms with E-state index in [0.717, 1.165) is 0 Å². The van der Waals surface area contributed by atoms with Crippen molar-refractivity contribution >= 4 is 17.5 Å². The van der Waals surface area contributed by atoms with Gasteiger partial charge in [-0.2, -0.15) is 0 Å². The molecule has 0 fully saturated rings.